The lowest BCUT2D eigenvalue weighted by atomic mass is 10.1. The van der Waals surface area contributed by atoms with Crippen LogP contribution in [0.2, 0.25) is 0 Å². The number of phenols is 1. The second-order valence-corrected chi connectivity index (χ2v) is 4.86. The summed E-state index contributed by atoms with van der Waals surface area (Å²) in [5.41, 5.74) is 2.27. The van der Waals surface area contributed by atoms with E-state index in [1.165, 1.54) is 6.33 Å². The van der Waals surface area contributed by atoms with Gasteiger partial charge in [-0.2, -0.15) is 0 Å². The molecule has 2 N–H and O–H groups in total. The summed E-state index contributed by atoms with van der Waals surface area (Å²) in [6.07, 6.45) is 5.44. The molecule has 7 heteroatoms. The minimum atomic E-state index is 0.153. The van der Waals surface area contributed by atoms with Gasteiger partial charge in [0.15, 0.2) is 23.0 Å². The van der Waals surface area contributed by atoms with Gasteiger partial charge >= 0.3 is 0 Å². The van der Waals surface area contributed by atoms with Gasteiger partial charge in [0.2, 0.25) is 0 Å². The molecule has 3 rings (SSSR count). The van der Waals surface area contributed by atoms with Crippen molar-refractivity contribution in [1.82, 2.24) is 19.9 Å². The molecule has 0 bridgehead atoms. The average molecular weight is 311 g/mol. The lowest BCUT2D eigenvalue weighted by Gasteiger charge is -2.10. The Kier molecular flexibility index (Phi) is 4.46. The van der Waals surface area contributed by atoms with Crippen LogP contribution < -0.4 is 10.1 Å². The summed E-state index contributed by atoms with van der Waals surface area (Å²) in [4.78, 5) is 16.7. The topological polar surface area (TPSA) is 93.0 Å². The predicted octanol–water partition coefficient (Wildman–Crippen LogP) is 2.18. The molecule has 0 atom stereocenters. The molecular formula is C16H17N5O2. The quantitative estimate of drug-likeness (QED) is 0.720. The molecule has 0 unspecified atom stereocenters. The SMILES string of the molecule is CCOc1cc(CCNc2ncnc3nccnc23)ccc1O. The van der Waals surface area contributed by atoms with Gasteiger partial charge in [-0.1, -0.05) is 6.07 Å². The number of hydrogen-bond donors (Lipinski definition) is 2. The van der Waals surface area contributed by atoms with Gasteiger partial charge < -0.3 is 15.2 Å². The van der Waals surface area contributed by atoms with Crippen molar-refractivity contribution in [2.45, 2.75) is 13.3 Å². The van der Waals surface area contributed by atoms with Crippen molar-refractivity contribution < 1.29 is 9.84 Å². The van der Waals surface area contributed by atoms with E-state index < -0.39 is 0 Å². The van der Waals surface area contributed by atoms with E-state index in [-0.39, 0.29) is 5.75 Å². The van der Waals surface area contributed by atoms with Crippen molar-refractivity contribution >= 4 is 17.0 Å². The lowest BCUT2D eigenvalue weighted by molar-refractivity contribution is 0.318. The van der Waals surface area contributed by atoms with E-state index in [9.17, 15) is 5.11 Å². The molecule has 0 amide bonds. The lowest BCUT2D eigenvalue weighted by Crippen LogP contribution is -2.08. The zero-order valence-electron chi connectivity index (χ0n) is 12.7. The largest absolute Gasteiger partial charge is 0.504 e. The van der Waals surface area contributed by atoms with Gasteiger partial charge in [-0.15, -0.1) is 0 Å². The van der Waals surface area contributed by atoms with Crippen LogP contribution in [0, 0.1) is 0 Å². The van der Waals surface area contributed by atoms with E-state index in [2.05, 4.69) is 25.3 Å². The highest BCUT2D eigenvalue weighted by molar-refractivity contribution is 5.81. The first-order valence-corrected chi connectivity index (χ1v) is 7.38. The van der Waals surface area contributed by atoms with Gasteiger partial charge in [0.1, 0.15) is 11.8 Å². The van der Waals surface area contributed by atoms with Crippen LogP contribution in [-0.4, -0.2) is 38.2 Å². The molecule has 0 spiro atoms. The zero-order valence-corrected chi connectivity index (χ0v) is 12.7. The summed E-state index contributed by atoms with van der Waals surface area (Å²) >= 11 is 0. The Hall–Kier alpha value is -2.96. The number of anilines is 1. The summed E-state index contributed by atoms with van der Waals surface area (Å²) in [7, 11) is 0. The molecule has 0 aliphatic carbocycles. The summed E-state index contributed by atoms with van der Waals surface area (Å²) < 4.78 is 5.39. The third-order valence-electron chi connectivity index (χ3n) is 3.30. The normalized spacial score (nSPS) is 10.7. The summed E-state index contributed by atoms with van der Waals surface area (Å²) in [6.45, 7) is 3.06. The summed E-state index contributed by atoms with van der Waals surface area (Å²) in [6, 6.07) is 5.36. The molecule has 3 aromatic rings. The molecule has 23 heavy (non-hydrogen) atoms. The van der Waals surface area contributed by atoms with Gasteiger partial charge in [-0.05, 0) is 31.0 Å². The first-order chi connectivity index (χ1) is 11.3. The van der Waals surface area contributed by atoms with E-state index >= 15 is 0 Å². The number of fused-ring (bicyclic) bond motifs is 1. The number of nitrogens with one attached hydrogen (secondary N) is 1. The van der Waals surface area contributed by atoms with Crippen LogP contribution in [0.15, 0.2) is 36.9 Å². The Morgan fingerprint density at radius 3 is 2.87 bits per heavy atom. The highest BCUT2D eigenvalue weighted by atomic mass is 16.5. The molecule has 0 saturated heterocycles. The standard InChI is InChI=1S/C16H17N5O2/c1-2-23-13-9-11(3-4-12(13)22)5-6-18-15-14-16(21-10-20-15)19-8-7-17-14/h3-4,7-10,22H,2,5-6H2,1H3,(H,18,19,20,21). The number of aromatic nitrogens is 4. The van der Waals surface area contributed by atoms with Crippen molar-refractivity contribution in [2.24, 2.45) is 0 Å². The predicted molar refractivity (Wildman–Crippen MR) is 86.6 cm³/mol. The molecule has 7 nitrogen and oxygen atoms in total. The van der Waals surface area contributed by atoms with Crippen molar-refractivity contribution in [1.29, 1.82) is 0 Å². The monoisotopic (exact) mass is 311 g/mol. The van der Waals surface area contributed by atoms with E-state index in [0.717, 1.165) is 12.0 Å². The fourth-order valence-corrected chi connectivity index (χ4v) is 2.23. The first-order valence-electron chi connectivity index (χ1n) is 7.38. The maximum absolute atomic E-state index is 9.72. The van der Waals surface area contributed by atoms with Crippen LogP contribution in [0.4, 0.5) is 5.82 Å². The molecule has 2 aromatic heterocycles. The number of phenolic OH excluding ortho intramolecular Hbond substituents is 1. The molecule has 1 aromatic carbocycles. The van der Waals surface area contributed by atoms with Gasteiger partial charge in [0, 0.05) is 18.9 Å². The molecule has 118 valence electrons. The number of hydrogen-bond acceptors (Lipinski definition) is 7. The Balaban J connectivity index is 1.68. The van der Waals surface area contributed by atoms with Crippen LogP contribution in [-0.2, 0) is 6.42 Å². The number of ether oxygens (including phenoxy) is 1. The van der Waals surface area contributed by atoms with Crippen molar-refractivity contribution in [3.63, 3.8) is 0 Å². The molecular weight excluding hydrogens is 294 g/mol. The fraction of sp³-hybridized carbons (Fsp3) is 0.250. The second kappa shape index (κ2) is 6.87. The number of aromatic hydroxyl groups is 1. The number of rotatable bonds is 6. The van der Waals surface area contributed by atoms with Crippen LogP contribution in [0.5, 0.6) is 11.5 Å². The van der Waals surface area contributed by atoms with Crippen LogP contribution in [0.25, 0.3) is 11.2 Å². The Morgan fingerprint density at radius 1 is 1.13 bits per heavy atom. The zero-order chi connectivity index (χ0) is 16.1. The molecule has 0 fully saturated rings. The van der Waals surface area contributed by atoms with E-state index in [4.69, 9.17) is 4.74 Å². The molecule has 0 radical (unpaired) electrons. The van der Waals surface area contributed by atoms with Crippen LogP contribution in [0.1, 0.15) is 12.5 Å². The Bertz CT molecular complexity index is 804. The second-order valence-electron chi connectivity index (χ2n) is 4.86. The molecule has 0 aliphatic rings. The molecule has 2 heterocycles. The smallest absolute Gasteiger partial charge is 0.183 e. The third-order valence-corrected chi connectivity index (χ3v) is 3.30. The Labute approximate surface area is 133 Å². The molecule has 0 saturated carbocycles. The van der Waals surface area contributed by atoms with Crippen LogP contribution >= 0.6 is 0 Å². The highest BCUT2D eigenvalue weighted by Crippen LogP contribution is 2.27. The van der Waals surface area contributed by atoms with Gasteiger partial charge in [-0.3, -0.25) is 0 Å². The Morgan fingerprint density at radius 2 is 2.00 bits per heavy atom. The number of benzene rings is 1. The van der Waals surface area contributed by atoms with Gasteiger partial charge in [0.05, 0.1) is 6.61 Å². The van der Waals surface area contributed by atoms with Crippen molar-refractivity contribution in [2.75, 3.05) is 18.5 Å². The van der Waals surface area contributed by atoms with E-state index in [1.54, 1.807) is 18.5 Å². The van der Waals surface area contributed by atoms with Crippen molar-refractivity contribution in [3.05, 3.63) is 42.5 Å². The maximum Gasteiger partial charge on any atom is 0.183 e. The highest BCUT2D eigenvalue weighted by Gasteiger charge is 2.06. The average Bonchev–Trinajstić information content (AvgIpc) is 2.58. The van der Waals surface area contributed by atoms with Gasteiger partial charge in [-0.25, -0.2) is 19.9 Å². The van der Waals surface area contributed by atoms with E-state index in [1.807, 2.05) is 19.1 Å². The summed E-state index contributed by atoms with van der Waals surface area (Å²) in [5, 5.41) is 13.0. The minimum Gasteiger partial charge on any atom is -0.504 e. The third kappa shape index (κ3) is 3.45. The first kappa shape index (κ1) is 15.0. The van der Waals surface area contributed by atoms with Crippen molar-refractivity contribution in [3.8, 4) is 11.5 Å². The van der Waals surface area contributed by atoms with Crippen LogP contribution in [0.3, 0.4) is 0 Å². The maximum atomic E-state index is 9.72. The fourth-order valence-electron chi connectivity index (χ4n) is 2.23. The minimum absolute atomic E-state index is 0.153. The van der Waals surface area contributed by atoms with E-state index in [0.29, 0.717) is 35.9 Å². The number of nitrogens with zero attached hydrogens (tertiary/aromatic N) is 4. The molecule has 0 aliphatic heterocycles. The summed E-state index contributed by atoms with van der Waals surface area (Å²) in [5.74, 6) is 1.32. The van der Waals surface area contributed by atoms with Gasteiger partial charge in [0.25, 0.3) is 0 Å².